The third-order valence-electron chi connectivity index (χ3n) is 14.9. The van der Waals surface area contributed by atoms with Crippen LogP contribution in [0.1, 0.15) is 52.0 Å². The molecule has 0 N–H and O–H groups in total. The first-order valence-electron chi connectivity index (χ1n) is 31.4. The van der Waals surface area contributed by atoms with Crippen molar-refractivity contribution in [1.82, 2.24) is 18.7 Å². The summed E-state index contributed by atoms with van der Waals surface area (Å²) in [6.07, 6.45) is 6.05. The van der Waals surface area contributed by atoms with Crippen LogP contribution in [0.2, 0.25) is 0 Å². The number of nitrogens with zero attached hydrogens (tertiary/aromatic N) is 5. The predicted molar refractivity (Wildman–Crippen MR) is 323 cm³/mol. The maximum absolute atomic E-state index is 8.93. The first-order valence-corrected chi connectivity index (χ1v) is 26.4. The number of benzene rings is 10. The minimum absolute atomic E-state index is 0. The summed E-state index contributed by atoms with van der Waals surface area (Å²) in [7, 11) is 0. The second-order valence-electron chi connectivity index (χ2n) is 20.7. The van der Waals surface area contributed by atoms with E-state index >= 15 is 0 Å². The molecule has 390 valence electrons. The molecular weight excluding hydrogens is 1160 g/mol. The first kappa shape index (κ1) is 40.1. The van der Waals surface area contributed by atoms with Crippen molar-refractivity contribution in [3.05, 3.63) is 272 Å². The number of hydrogen-bond donors (Lipinski definition) is 0. The molecule has 0 fully saturated rings. The quantitative estimate of drug-likeness (QED) is 0.0903. The van der Waals surface area contributed by atoms with Crippen molar-refractivity contribution in [3.8, 4) is 62.1 Å². The van der Waals surface area contributed by atoms with Crippen molar-refractivity contribution in [2.24, 2.45) is 0 Å². The molecule has 6 nitrogen and oxygen atoms in total. The summed E-state index contributed by atoms with van der Waals surface area (Å²) in [6.45, 7) is 6.97. The molecule has 0 spiro atoms. The van der Waals surface area contributed by atoms with Crippen molar-refractivity contribution in [1.29, 1.82) is 0 Å². The smallest absolute Gasteiger partial charge is 0.242 e. The van der Waals surface area contributed by atoms with Crippen LogP contribution >= 0.6 is 0 Å². The molecule has 10 aromatic carbocycles. The SMILES string of the molecule is [2H]c1c([2H])c([2H])c(-c2cccc(-c3c([2H])c([2H])c([2H])c([2H])c3[2H])c2CCC[n+]2[c-]n(-c3[c-]c(Oc4[c-]c5c(cc4)c4cc(-c6cccc7c8ccccc8n(-c8ccccc8)c67)ccc4n5-c4cc(C(C)(C)C)ccn4)ccc3)c3ccccc32)c([2H])c1[2H].[Pt]. The Labute approximate surface area is 494 Å². The van der Waals surface area contributed by atoms with Crippen LogP contribution in [-0.2, 0) is 39.4 Å². The zero-order valence-corrected chi connectivity index (χ0v) is 46.2. The predicted octanol–water partition coefficient (Wildman–Crippen LogP) is 17.6. The number of pyridine rings is 1. The van der Waals surface area contributed by atoms with E-state index in [0.29, 0.717) is 46.8 Å². The third-order valence-corrected chi connectivity index (χ3v) is 14.9. The number of hydrogen-bond acceptors (Lipinski definition) is 2. The molecule has 14 rings (SSSR count). The molecule has 0 aliphatic rings. The van der Waals surface area contributed by atoms with Crippen LogP contribution in [0.25, 0.3) is 105 Å². The Morgan fingerprint density at radius 1 is 0.550 bits per heavy atom. The van der Waals surface area contributed by atoms with E-state index in [0.717, 1.165) is 72.1 Å². The molecule has 14 aromatic rings. The topological polar surface area (TPSA) is 40.8 Å². The summed E-state index contributed by atoms with van der Waals surface area (Å²) in [5.74, 6) is 1.68. The van der Waals surface area contributed by atoms with E-state index in [1.807, 2.05) is 69.9 Å². The van der Waals surface area contributed by atoms with Gasteiger partial charge >= 0.3 is 0 Å². The van der Waals surface area contributed by atoms with E-state index in [2.05, 4.69) is 151 Å². The average molecular weight is 1220 g/mol. The standard InChI is InChI=1S/C73H55N5O.Pt/c1-73(2,3)53-42-43-74-71(46-53)78-67-41-38-52(60-32-19-33-64-62-29-13-14-35-66(62)77(72(60)64)54-25-11-6-12-26-54)45-65(67)63-40-39-57(48-70(63)78)79-56-28-17-27-55(47-56)76-49-75(68-36-15-16-37-69(68)76)44-20-34-61-58(50-21-7-4-8-22-50)30-18-31-59(61)51-23-9-5-10-24-51;/h4-19,21-33,35-43,45-46H,20,34,44H2,1-3H3;/q-2;/i4D,5D,7D,8D,9D,10D,21D,22D,23D,24D;. The third kappa shape index (κ3) is 9.10. The van der Waals surface area contributed by atoms with Crippen molar-refractivity contribution < 1.29 is 44.1 Å². The van der Waals surface area contributed by atoms with Crippen LogP contribution in [-0.4, -0.2) is 18.7 Å². The number of ether oxygens (including phenoxy) is 1. The van der Waals surface area contributed by atoms with Gasteiger partial charge < -0.3 is 23.0 Å². The number of imidazole rings is 1. The molecule has 0 radical (unpaired) electrons. The molecule has 0 aliphatic carbocycles. The second kappa shape index (κ2) is 20.9. The fourth-order valence-corrected chi connectivity index (χ4v) is 11.2. The maximum Gasteiger partial charge on any atom is 0.242 e. The Bertz CT molecular complexity index is 5080. The van der Waals surface area contributed by atoms with Crippen LogP contribution in [0.5, 0.6) is 11.5 Å². The molecule has 0 saturated carbocycles. The summed E-state index contributed by atoms with van der Waals surface area (Å²) in [5.41, 5.74) is 11.6. The number of fused-ring (bicyclic) bond motifs is 7. The van der Waals surface area contributed by atoms with Gasteiger partial charge in [0, 0.05) is 66.3 Å². The van der Waals surface area contributed by atoms with E-state index in [1.165, 1.54) is 10.8 Å². The Hall–Kier alpha value is -9.09. The van der Waals surface area contributed by atoms with Gasteiger partial charge in [-0.25, -0.2) is 4.98 Å². The van der Waals surface area contributed by atoms with E-state index in [4.69, 9.17) is 23.4 Å². The first-order chi connectivity index (χ1) is 43.0. The number of aryl methyl sites for hydroxylation is 1. The molecular formula is C73H55N5OPt-2. The van der Waals surface area contributed by atoms with Crippen LogP contribution in [0.4, 0.5) is 0 Å². The summed E-state index contributed by atoms with van der Waals surface area (Å²) in [5, 5.41) is 4.37. The van der Waals surface area contributed by atoms with Gasteiger partial charge in [0.1, 0.15) is 5.82 Å². The maximum atomic E-state index is 8.93. The van der Waals surface area contributed by atoms with Crippen LogP contribution < -0.4 is 9.30 Å². The molecule has 0 atom stereocenters. The summed E-state index contributed by atoms with van der Waals surface area (Å²) in [4.78, 5) is 4.99. The molecule has 4 heterocycles. The van der Waals surface area contributed by atoms with Crippen molar-refractivity contribution >= 4 is 54.6 Å². The molecule has 80 heavy (non-hydrogen) atoms. The fraction of sp³-hybridized carbons (Fsp3) is 0.0959. The van der Waals surface area contributed by atoms with Crippen LogP contribution in [0.15, 0.2) is 243 Å². The molecule has 0 unspecified atom stereocenters. The number of aromatic nitrogens is 5. The van der Waals surface area contributed by atoms with E-state index in [1.54, 1.807) is 18.2 Å². The van der Waals surface area contributed by atoms with Gasteiger partial charge in [0.15, 0.2) is 0 Å². The van der Waals surface area contributed by atoms with Gasteiger partial charge in [-0.05, 0) is 99.0 Å². The summed E-state index contributed by atoms with van der Waals surface area (Å²) < 4.78 is 102. The molecule has 0 bridgehead atoms. The average Bonchev–Trinajstić information content (AvgIpc) is 1.59. The zero-order chi connectivity index (χ0) is 61.7. The van der Waals surface area contributed by atoms with Crippen molar-refractivity contribution in [3.63, 3.8) is 0 Å². The normalized spacial score (nSPS) is 13.5. The van der Waals surface area contributed by atoms with Crippen molar-refractivity contribution in [2.45, 2.75) is 45.6 Å². The van der Waals surface area contributed by atoms with Gasteiger partial charge in [0.2, 0.25) is 6.33 Å². The second-order valence-corrected chi connectivity index (χ2v) is 20.7. The summed E-state index contributed by atoms with van der Waals surface area (Å²) in [6, 6.07) is 61.5. The van der Waals surface area contributed by atoms with Gasteiger partial charge in [-0.2, -0.15) is 18.2 Å². The van der Waals surface area contributed by atoms with Crippen LogP contribution in [0.3, 0.4) is 0 Å². The largest absolute Gasteiger partial charge is 0.510 e. The Kier molecular flexibility index (Phi) is 10.5. The molecule has 4 aromatic heterocycles. The Morgan fingerprint density at radius 2 is 1.21 bits per heavy atom. The van der Waals surface area contributed by atoms with E-state index in [9.17, 15) is 0 Å². The van der Waals surface area contributed by atoms with E-state index in [-0.39, 0.29) is 44.0 Å². The Morgan fingerprint density at radius 3 is 1.99 bits per heavy atom. The summed E-state index contributed by atoms with van der Waals surface area (Å²) >= 11 is 0. The molecule has 0 amide bonds. The van der Waals surface area contributed by atoms with Crippen molar-refractivity contribution in [2.75, 3.05) is 0 Å². The van der Waals surface area contributed by atoms with Gasteiger partial charge in [-0.3, -0.25) is 0 Å². The molecule has 0 aliphatic heterocycles. The monoisotopic (exact) mass is 1220 g/mol. The fourth-order valence-electron chi connectivity index (χ4n) is 11.2. The van der Waals surface area contributed by atoms with Crippen LogP contribution in [0, 0.1) is 18.5 Å². The van der Waals surface area contributed by atoms with E-state index < -0.39 is 60.4 Å². The number of para-hydroxylation sites is 5. The van der Waals surface area contributed by atoms with Gasteiger partial charge in [0.25, 0.3) is 0 Å². The molecule has 0 saturated heterocycles. The minimum atomic E-state index is -0.537. The minimum Gasteiger partial charge on any atom is -0.510 e. The van der Waals surface area contributed by atoms with Gasteiger partial charge in [0.05, 0.1) is 42.3 Å². The molecule has 7 heteroatoms. The van der Waals surface area contributed by atoms with Gasteiger partial charge in [-0.1, -0.05) is 202 Å². The van der Waals surface area contributed by atoms with Gasteiger partial charge in [-0.15, -0.1) is 29.7 Å². The zero-order valence-electron chi connectivity index (χ0n) is 53.9. The number of rotatable bonds is 12. The Balaban J connectivity index is 0.00000743.